The van der Waals surface area contributed by atoms with Gasteiger partial charge in [-0.15, -0.1) is 11.3 Å². The Morgan fingerprint density at radius 1 is 1.50 bits per heavy atom. The van der Waals surface area contributed by atoms with Crippen molar-refractivity contribution in [1.29, 1.82) is 0 Å². The average molecular weight is 213 g/mol. The molecule has 0 bridgehead atoms. The van der Waals surface area contributed by atoms with Gasteiger partial charge in [0.1, 0.15) is 0 Å². The summed E-state index contributed by atoms with van der Waals surface area (Å²) in [6, 6.07) is 0. The molecular weight excluding hydrogens is 194 g/mol. The Balaban J connectivity index is 2.08. The minimum atomic E-state index is 0.962. The van der Waals surface area contributed by atoms with Crippen LogP contribution < -0.4 is 5.32 Å². The Bertz CT molecular complexity index is 258. The molecule has 1 heterocycles. The lowest BCUT2D eigenvalue weighted by Gasteiger charge is -2.09. The molecule has 80 valence electrons. The van der Waals surface area contributed by atoms with Crippen molar-refractivity contribution < 1.29 is 0 Å². The zero-order valence-electron chi connectivity index (χ0n) is 9.21. The van der Waals surface area contributed by atoms with E-state index in [9.17, 15) is 0 Å². The minimum Gasteiger partial charge on any atom is -0.312 e. The number of aryl methyl sites for hydroxylation is 1. The largest absolute Gasteiger partial charge is 0.312 e. The van der Waals surface area contributed by atoms with E-state index in [4.69, 9.17) is 0 Å². The minimum absolute atomic E-state index is 0.962. The summed E-state index contributed by atoms with van der Waals surface area (Å²) < 4.78 is 0. The predicted octanol–water partition coefficient (Wildman–Crippen LogP) is 1.49. The van der Waals surface area contributed by atoms with E-state index in [2.05, 4.69) is 36.2 Å². The van der Waals surface area contributed by atoms with Crippen LogP contribution in [0.1, 0.15) is 17.0 Å². The van der Waals surface area contributed by atoms with Gasteiger partial charge in [-0.1, -0.05) is 0 Å². The molecule has 0 aromatic carbocycles. The Labute approximate surface area is 90.2 Å². The third-order valence-electron chi connectivity index (χ3n) is 2.09. The van der Waals surface area contributed by atoms with Crippen LogP contribution in [0, 0.1) is 6.92 Å². The Morgan fingerprint density at radius 3 is 2.86 bits per heavy atom. The first-order valence-electron chi connectivity index (χ1n) is 4.94. The molecule has 0 radical (unpaired) electrons. The molecule has 0 saturated heterocycles. The third kappa shape index (κ3) is 4.17. The molecular formula is C10H19N3S. The van der Waals surface area contributed by atoms with E-state index in [0.717, 1.165) is 25.3 Å². The smallest absolute Gasteiger partial charge is 0.0798 e. The third-order valence-corrected chi connectivity index (χ3v) is 3.02. The van der Waals surface area contributed by atoms with Gasteiger partial charge >= 0.3 is 0 Å². The Morgan fingerprint density at radius 2 is 2.29 bits per heavy atom. The van der Waals surface area contributed by atoms with Gasteiger partial charge in [0, 0.05) is 11.4 Å². The molecule has 0 spiro atoms. The fourth-order valence-corrected chi connectivity index (χ4v) is 1.96. The molecule has 0 aliphatic heterocycles. The maximum Gasteiger partial charge on any atom is 0.0798 e. The van der Waals surface area contributed by atoms with Gasteiger partial charge < -0.3 is 10.2 Å². The van der Waals surface area contributed by atoms with Gasteiger partial charge in [0.25, 0.3) is 0 Å². The molecule has 0 aliphatic rings. The summed E-state index contributed by atoms with van der Waals surface area (Å²) in [6.07, 6.45) is 1.20. The second-order valence-corrected chi connectivity index (χ2v) is 4.63. The number of nitrogens with zero attached hydrogens (tertiary/aromatic N) is 2. The van der Waals surface area contributed by atoms with Gasteiger partial charge in [-0.3, -0.25) is 0 Å². The highest BCUT2D eigenvalue weighted by molar-refractivity contribution is 7.09. The van der Waals surface area contributed by atoms with Crippen LogP contribution in [-0.4, -0.2) is 37.1 Å². The normalized spacial score (nSPS) is 11.1. The van der Waals surface area contributed by atoms with Crippen molar-refractivity contribution in [2.24, 2.45) is 0 Å². The second kappa shape index (κ2) is 6.11. The molecule has 0 saturated carbocycles. The summed E-state index contributed by atoms with van der Waals surface area (Å²) in [6.45, 7) is 5.25. The SMILES string of the molecule is Cc1ncsc1CNCCCN(C)C. The van der Waals surface area contributed by atoms with Crippen molar-refractivity contribution in [3.8, 4) is 0 Å². The molecule has 14 heavy (non-hydrogen) atoms. The first kappa shape index (κ1) is 11.6. The van der Waals surface area contributed by atoms with Crippen LogP contribution in [0.2, 0.25) is 0 Å². The van der Waals surface area contributed by atoms with Crippen LogP contribution in [0.3, 0.4) is 0 Å². The molecule has 1 rings (SSSR count). The van der Waals surface area contributed by atoms with Crippen LogP contribution in [0.4, 0.5) is 0 Å². The van der Waals surface area contributed by atoms with Gasteiger partial charge in [-0.25, -0.2) is 4.98 Å². The molecule has 0 aliphatic carbocycles. The monoisotopic (exact) mass is 213 g/mol. The fourth-order valence-electron chi connectivity index (χ4n) is 1.22. The van der Waals surface area contributed by atoms with Crippen molar-refractivity contribution in [3.05, 3.63) is 16.1 Å². The van der Waals surface area contributed by atoms with Crippen molar-refractivity contribution >= 4 is 11.3 Å². The maximum absolute atomic E-state index is 4.21. The van der Waals surface area contributed by atoms with Crippen molar-refractivity contribution in [3.63, 3.8) is 0 Å². The standard InChI is InChI=1S/C10H19N3S/c1-9-10(14-8-12-9)7-11-5-4-6-13(2)3/h8,11H,4-7H2,1-3H3. The predicted molar refractivity (Wildman–Crippen MR) is 61.7 cm³/mol. The quantitative estimate of drug-likeness (QED) is 0.726. The van der Waals surface area contributed by atoms with Gasteiger partial charge in [-0.2, -0.15) is 0 Å². The lowest BCUT2D eigenvalue weighted by molar-refractivity contribution is 0.394. The molecule has 1 N–H and O–H groups in total. The van der Waals surface area contributed by atoms with Crippen molar-refractivity contribution in [1.82, 2.24) is 15.2 Å². The highest BCUT2D eigenvalue weighted by atomic mass is 32.1. The fraction of sp³-hybridized carbons (Fsp3) is 0.700. The average Bonchev–Trinajstić information content (AvgIpc) is 2.51. The first-order valence-corrected chi connectivity index (χ1v) is 5.82. The summed E-state index contributed by atoms with van der Waals surface area (Å²) in [4.78, 5) is 7.78. The lowest BCUT2D eigenvalue weighted by Crippen LogP contribution is -2.20. The summed E-state index contributed by atoms with van der Waals surface area (Å²) in [7, 11) is 4.21. The van der Waals surface area contributed by atoms with Crippen molar-refractivity contribution in [2.75, 3.05) is 27.2 Å². The summed E-state index contributed by atoms with van der Waals surface area (Å²) >= 11 is 1.73. The first-order chi connectivity index (χ1) is 6.70. The summed E-state index contributed by atoms with van der Waals surface area (Å²) in [5, 5.41) is 3.43. The van der Waals surface area contributed by atoms with E-state index in [1.54, 1.807) is 11.3 Å². The van der Waals surface area contributed by atoms with E-state index in [0.29, 0.717) is 0 Å². The molecule has 0 fully saturated rings. The summed E-state index contributed by atoms with van der Waals surface area (Å²) in [5.41, 5.74) is 3.07. The molecule has 0 amide bonds. The molecule has 1 aromatic rings. The second-order valence-electron chi connectivity index (χ2n) is 3.69. The molecule has 3 nitrogen and oxygen atoms in total. The number of hydrogen-bond donors (Lipinski definition) is 1. The zero-order valence-corrected chi connectivity index (χ0v) is 10.0. The number of rotatable bonds is 6. The van der Waals surface area contributed by atoms with E-state index in [1.807, 2.05) is 5.51 Å². The molecule has 4 heteroatoms. The Hall–Kier alpha value is -0.450. The topological polar surface area (TPSA) is 28.2 Å². The maximum atomic E-state index is 4.21. The molecule has 0 atom stereocenters. The van der Waals surface area contributed by atoms with E-state index in [-0.39, 0.29) is 0 Å². The van der Waals surface area contributed by atoms with Gasteiger partial charge in [0.2, 0.25) is 0 Å². The van der Waals surface area contributed by atoms with E-state index < -0.39 is 0 Å². The van der Waals surface area contributed by atoms with Crippen LogP contribution in [0.15, 0.2) is 5.51 Å². The number of thiazole rings is 1. The van der Waals surface area contributed by atoms with Crippen molar-refractivity contribution in [2.45, 2.75) is 19.9 Å². The molecule has 0 unspecified atom stereocenters. The van der Waals surface area contributed by atoms with Crippen LogP contribution in [0.25, 0.3) is 0 Å². The van der Waals surface area contributed by atoms with Gasteiger partial charge in [0.05, 0.1) is 11.2 Å². The van der Waals surface area contributed by atoms with Crippen LogP contribution >= 0.6 is 11.3 Å². The Kier molecular flexibility index (Phi) is 5.07. The highest BCUT2D eigenvalue weighted by Gasteiger charge is 1.99. The van der Waals surface area contributed by atoms with Crippen LogP contribution in [0.5, 0.6) is 0 Å². The van der Waals surface area contributed by atoms with Crippen LogP contribution in [-0.2, 0) is 6.54 Å². The summed E-state index contributed by atoms with van der Waals surface area (Å²) in [5.74, 6) is 0. The van der Waals surface area contributed by atoms with E-state index >= 15 is 0 Å². The van der Waals surface area contributed by atoms with Gasteiger partial charge in [0.15, 0.2) is 0 Å². The lowest BCUT2D eigenvalue weighted by atomic mass is 10.3. The highest BCUT2D eigenvalue weighted by Crippen LogP contribution is 2.10. The molecule has 1 aromatic heterocycles. The zero-order chi connectivity index (χ0) is 10.4. The van der Waals surface area contributed by atoms with Gasteiger partial charge in [-0.05, 0) is 40.5 Å². The number of aromatic nitrogens is 1. The number of hydrogen-bond acceptors (Lipinski definition) is 4. The van der Waals surface area contributed by atoms with E-state index in [1.165, 1.54) is 11.3 Å². The number of nitrogens with one attached hydrogen (secondary N) is 1.